The fraction of sp³-hybridized carbons (Fsp3) is 0.333. The zero-order chi connectivity index (χ0) is 24.7. The molecule has 182 valence electrons. The highest BCUT2D eigenvalue weighted by Crippen LogP contribution is 2.43. The van der Waals surface area contributed by atoms with Gasteiger partial charge in [0.1, 0.15) is 5.69 Å². The van der Waals surface area contributed by atoms with E-state index in [1.165, 1.54) is 19.3 Å². The lowest BCUT2D eigenvalue weighted by Crippen LogP contribution is -2.49. The fourth-order valence-electron chi connectivity index (χ4n) is 4.72. The number of hydrogen-bond acceptors (Lipinski definition) is 5. The van der Waals surface area contributed by atoms with Crippen LogP contribution in [-0.4, -0.2) is 43.1 Å². The van der Waals surface area contributed by atoms with Gasteiger partial charge in [0.15, 0.2) is 17.3 Å². The minimum atomic E-state index is -0.516. The van der Waals surface area contributed by atoms with Gasteiger partial charge in [-0.3, -0.25) is 9.59 Å². The molecule has 2 aliphatic rings. The van der Waals surface area contributed by atoms with Crippen LogP contribution in [0, 0.1) is 5.82 Å². The third-order valence-electron chi connectivity index (χ3n) is 6.59. The number of allylic oxidation sites excluding steroid dienone is 1. The maximum Gasteiger partial charge on any atom is 0.200 e. The number of methoxy groups -OCH3 is 1. The first-order valence-corrected chi connectivity index (χ1v) is 12.6. The van der Waals surface area contributed by atoms with Gasteiger partial charge in [0.25, 0.3) is 0 Å². The Balaban J connectivity index is 1.64. The summed E-state index contributed by atoms with van der Waals surface area (Å²) in [7, 11) is 1.51. The molecule has 8 heteroatoms. The number of halogens is 2. The van der Waals surface area contributed by atoms with E-state index >= 15 is 4.39 Å². The molecule has 2 heterocycles. The third-order valence-corrected chi connectivity index (χ3v) is 7.12. The summed E-state index contributed by atoms with van der Waals surface area (Å²) in [5.74, 6) is -0.575. The van der Waals surface area contributed by atoms with Crippen LogP contribution in [0.15, 0.2) is 51.9 Å². The lowest BCUT2D eigenvalue weighted by Gasteiger charge is -2.35. The lowest BCUT2D eigenvalue weighted by molar-refractivity contribution is 0.104. The molecule has 0 bridgehead atoms. The molecule has 1 atom stereocenters. The molecule has 1 saturated heterocycles. The molecule has 3 aromatic rings. The molecule has 0 radical (unpaired) electrons. The largest absolute Gasteiger partial charge is 0.492 e. The molecule has 6 nitrogen and oxygen atoms in total. The summed E-state index contributed by atoms with van der Waals surface area (Å²) in [6, 6.07) is 9.13. The van der Waals surface area contributed by atoms with Gasteiger partial charge in [0.05, 0.1) is 23.6 Å². The average Bonchev–Trinajstić information content (AvgIpc) is 3.68. The zero-order valence-electron chi connectivity index (χ0n) is 19.7. The Kier molecular flexibility index (Phi) is 6.51. The van der Waals surface area contributed by atoms with Gasteiger partial charge >= 0.3 is 0 Å². The Morgan fingerprint density at radius 2 is 2.00 bits per heavy atom. The van der Waals surface area contributed by atoms with Crippen LogP contribution in [0.1, 0.15) is 41.7 Å². The number of anilines is 1. The van der Waals surface area contributed by atoms with Gasteiger partial charge in [0, 0.05) is 42.4 Å². The van der Waals surface area contributed by atoms with Gasteiger partial charge in [-0.2, -0.15) is 0 Å². The summed E-state index contributed by atoms with van der Waals surface area (Å²) in [6.45, 7) is 4.05. The van der Waals surface area contributed by atoms with Crippen LogP contribution >= 0.6 is 15.9 Å². The van der Waals surface area contributed by atoms with Gasteiger partial charge in [-0.05, 0) is 49.6 Å². The van der Waals surface area contributed by atoms with E-state index in [1.54, 1.807) is 12.3 Å². The van der Waals surface area contributed by atoms with Crippen molar-refractivity contribution in [1.29, 1.82) is 0 Å². The maximum absolute atomic E-state index is 15.5. The van der Waals surface area contributed by atoms with Crippen molar-refractivity contribution in [2.24, 2.45) is 0 Å². The van der Waals surface area contributed by atoms with Crippen LogP contribution < -0.4 is 20.4 Å². The second-order valence-corrected chi connectivity index (χ2v) is 10.1. The number of carbonyl (C=O) groups is 1. The molecule has 1 unspecified atom stereocenters. The summed E-state index contributed by atoms with van der Waals surface area (Å²) in [5, 5.41) is 3.53. The highest BCUT2D eigenvalue weighted by molar-refractivity contribution is 9.10. The Morgan fingerprint density at radius 1 is 1.26 bits per heavy atom. The predicted molar refractivity (Wildman–Crippen MR) is 140 cm³/mol. The number of carbonyl (C=O) groups excluding carboxylic acids is 1. The second kappa shape index (κ2) is 9.59. The van der Waals surface area contributed by atoms with Crippen LogP contribution in [0.4, 0.5) is 10.1 Å². The first-order valence-electron chi connectivity index (χ1n) is 11.8. The SMILES string of the molecule is COc1c(N2CCNC(C)C2)c(F)cc2c(=O)c(C(=O)C=Cc3ccc(Br)cc3)cn(C3CC3)c12. The smallest absolute Gasteiger partial charge is 0.200 e. The molecular weight excluding hydrogens is 513 g/mol. The summed E-state index contributed by atoms with van der Waals surface area (Å²) in [4.78, 5) is 28.5. The van der Waals surface area contributed by atoms with Crippen LogP contribution in [0.5, 0.6) is 5.75 Å². The fourth-order valence-corrected chi connectivity index (χ4v) is 4.98. The van der Waals surface area contributed by atoms with E-state index in [0.29, 0.717) is 30.0 Å². The molecule has 1 aromatic heterocycles. The number of nitrogens with zero attached hydrogens (tertiary/aromatic N) is 2. The summed E-state index contributed by atoms with van der Waals surface area (Å²) in [5.41, 5.74) is 1.31. The van der Waals surface area contributed by atoms with Crippen molar-refractivity contribution in [3.05, 3.63) is 74.2 Å². The van der Waals surface area contributed by atoms with E-state index in [-0.39, 0.29) is 23.0 Å². The van der Waals surface area contributed by atoms with Crippen LogP contribution in [-0.2, 0) is 0 Å². The van der Waals surface area contributed by atoms with E-state index < -0.39 is 17.0 Å². The van der Waals surface area contributed by atoms with Crippen molar-refractivity contribution in [2.75, 3.05) is 31.6 Å². The van der Waals surface area contributed by atoms with E-state index in [1.807, 2.05) is 33.7 Å². The number of nitrogens with one attached hydrogen (secondary N) is 1. The van der Waals surface area contributed by atoms with Crippen LogP contribution in [0.25, 0.3) is 17.0 Å². The lowest BCUT2D eigenvalue weighted by atomic mass is 10.0. The zero-order valence-corrected chi connectivity index (χ0v) is 21.3. The van der Waals surface area contributed by atoms with Crippen molar-refractivity contribution in [1.82, 2.24) is 9.88 Å². The summed E-state index contributed by atoms with van der Waals surface area (Å²) in [6.07, 6.45) is 6.56. The van der Waals surface area contributed by atoms with Gasteiger partial charge in [-0.25, -0.2) is 4.39 Å². The monoisotopic (exact) mass is 539 g/mol. The molecule has 0 amide bonds. The number of hydrogen-bond donors (Lipinski definition) is 1. The molecule has 2 fully saturated rings. The highest BCUT2D eigenvalue weighted by atomic mass is 79.9. The maximum atomic E-state index is 15.5. The molecule has 1 saturated carbocycles. The molecule has 0 spiro atoms. The normalized spacial score (nSPS) is 18.4. The van der Waals surface area contributed by atoms with Gasteiger partial charge < -0.3 is 19.5 Å². The van der Waals surface area contributed by atoms with Gasteiger partial charge in [-0.15, -0.1) is 0 Å². The molecule has 1 aliphatic carbocycles. The minimum absolute atomic E-state index is 0.0303. The van der Waals surface area contributed by atoms with E-state index in [9.17, 15) is 9.59 Å². The number of piperazine rings is 1. The van der Waals surface area contributed by atoms with E-state index in [0.717, 1.165) is 29.4 Å². The quantitative estimate of drug-likeness (QED) is 0.355. The molecular formula is C27H27BrFN3O3. The number of ether oxygens (including phenoxy) is 1. The minimum Gasteiger partial charge on any atom is -0.492 e. The first kappa shape index (κ1) is 23.8. The third kappa shape index (κ3) is 4.65. The van der Waals surface area contributed by atoms with Crippen molar-refractivity contribution in [3.63, 3.8) is 0 Å². The molecule has 35 heavy (non-hydrogen) atoms. The first-order chi connectivity index (χ1) is 16.9. The summed E-state index contributed by atoms with van der Waals surface area (Å²) >= 11 is 3.39. The number of ketones is 1. The van der Waals surface area contributed by atoms with Gasteiger partial charge in [0.2, 0.25) is 5.43 Å². The van der Waals surface area contributed by atoms with Crippen molar-refractivity contribution in [3.8, 4) is 5.75 Å². The number of fused-ring (bicyclic) bond motifs is 1. The van der Waals surface area contributed by atoms with E-state index in [2.05, 4.69) is 28.2 Å². The Hall–Kier alpha value is -2.97. The van der Waals surface area contributed by atoms with Crippen molar-refractivity contribution >= 4 is 44.4 Å². The predicted octanol–water partition coefficient (Wildman–Crippen LogP) is 4.94. The molecule has 2 aromatic carbocycles. The van der Waals surface area contributed by atoms with Crippen molar-refractivity contribution in [2.45, 2.75) is 31.8 Å². The Bertz CT molecular complexity index is 1380. The van der Waals surface area contributed by atoms with E-state index in [4.69, 9.17) is 4.74 Å². The Morgan fingerprint density at radius 3 is 2.66 bits per heavy atom. The number of aromatic nitrogens is 1. The summed E-state index contributed by atoms with van der Waals surface area (Å²) < 4.78 is 24.2. The molecule has 1 aliphatic heterocycles. The van der Waals surface area contributed by atoms with Gasteiger partial charge in [-0.1, -0.05) is 34.1 Å². The van der Waals surface area contributed by atoms with Crippen LogP contribution in [0.3, 0.4) is 0 Å². The molecule has 1 N–H and O–H groups in total. The topological polar surface area (TPSA) is 63.6 Å². The second-order valence-electron chi connectivity index (χ2n) is 9.20. The number of rotatable bonds is 6. The average molecular weight is 540 g/mol. The number of pyridine rings is 1. The molecule has 5 rings (SSSR count). The van der Waals surface area contributed by atoms with Crippen LogP contribution in [0.2, 0.25) is 0 Å². The highest BCUT2D eigenvalue weighted by Gasteiger charge is 2.31. The Labute approximate surface area is 211 Å². The number of benzene rings is 2. The standard InChI is InChI=1S/C27H27BrFN3O3/c1-16-14-31(12-11-30-16)25-22(29)13-20-24(27(25)35-2)32(19-8-9-19)15-21(26(20)34)23(33)10-5-17-3-6-18(28)7-4-17/h3-7,10,13,15-16,19,30H,8-9,11-12,14H2,1-2H3. The van der Waals surface area contributed by atoms with Crippen molar-refractivity contribution < 1.29 is 13.9 Å².